The van der Waals surface area contributed by atoms with Crippen LogP contribution in [0.1, 0.15) is 47.7 Å². The lowest BCUT2D eigenvalue weighted by molar-refractivity contribution is 0.465. The number of benzene rings is 2. The summed E-state index contributed by atoms with van der Waals surface area (Å²) in [4.78, 5) is 0. The van der Waals surface area contributed by atoms with Crippen LogP contribution < -0.4 is 5.32 Å². The van der Waals surface area contributed by atoms with E-state index in [1.54, 1.807) is 0 Å². The van der Waals surface area contributed by atoms with Gasteiger partial charge in [0, 0.05) is 17.1 Å². The number of halogens is 1. The Balaban J connectivity index is 1.77. The van der Waals surface area contributed by atoms with Crippen molar-refractivity contribution in [1.82, 2.24) is 5.32 Å². The van der Waals surface area contributed by atoms with Gasteiger partial charge in [0.1, 0.15) is 0 Å². The zero-order valence-electron chi connectivity index (χ0n) is 12.0. The van der Waals surface area contributed by atoms with Crippen molar-refractivity contribution in [3.05, 3.63) is 69.7 Å². The van der Waals surface area contributed by atoms with Crippen molar-refractivity contribution < 1.29 is 0 Å². The monoisotopic (exact) mass is 285 g/mol. The summed E-state index contributed by atoms with van der Waals surface area (Å²) >= 11 is 6.07. The first-order chi connectivity index (χ1) is 9.63. The van der Waals surface area contributed by atoms with Gasteiger partial charge in [0.15, 0.2) is 0 Å². The molecule has 2 aromatic carbocycles. The van der Waals surface area contributed by atoms with Crippen molar-refractivity contribution >= 4 is 11.6 Å². The molecule has 0 fully saturated rings. The minimum atomic E-state index is 0.363. The van der Waals surface area contributed by atoms with Gasteiger partial charge in [0.2, 0.25) is 0 Å². The van der Waals surface area contributed by atoms with Crippen LogP contribution in [0.25, 0.3) is 0 Å². The van der Waals surface area contributed by atoms with Crippen LogP contribution in [-0.4, -0.2) is 0 Å². The van der Waals surface area contributed by atoms with Crippen LogP contribution in [0.5, 0.6) is 0 Å². The molecule has 1 N–H and O–H groups in total. The van der Waals surface area contributed by atoms with Crippen LogP contribution in [0, 0.1) is 6.92 Å². The highest BCUT2D eigenvalue weighted by atomic mass is 35.5. The molecule has 0 aromatic heterocycles. The molecule has 104 valence electrons. The van der Waals surface area contributed by atoms with E-state index in [4.69, 9.17) is 11.6 Å². The second-order valence-electron chi connectivity index (χ2n) is 5.74. The van der Waals surface area contributed by atoms with Gasteiger partial charge in [-0.25, -0.2) is 0 Å². The van der Waals surface area contributed by atoms with Gasteiger partial charge in [-0.15, -0.1) is 0 Å². The molecule has 1 unspecified atom stereocenters. The molecule has 0 saturated carbocycles. The molecule has 2 aromatic rings. The molecule has 0 heterocycles. The minimum Gasteiger partial charge on any atom is -0.303 e. The maximum atomic E-state index is 6.07. The number of hydrogen-bond acceptors (Lipinski definition) is 1. The van der Waals surface area contributed by atoms with E-state index in [1.807, 2.05) is 6.07 Å². The normalized spacial score (nSPS) is 18.9. The number of hydrogen-bond donors (Lipinski definition) is 1. The summed E-state index contributed by atoms with van der Waals surface area (Å²) in [6, 6.07) is 15.8. The van der Waals surface area contributed by atoms with Gasteiger partial charge in [0.25, 0.3) is 0 Å². The van der Waals surface area contributed by atoms with E-state index in [0.29, 0.717) is 12.1 Å². The predicted molar refractivity (Wildman–Crippen MR) is 85.2 cm³/mol. The molecule has 1 aliphatic carbocycles. The average molecular weight is 286 g/mol. The van der Waals surface area contributed by atoms with Crippen molar-refractivity contribution in [3.63, 3.8) is 0 Å². The minimum absolute atomic E-state index is 0.363. The zero-order chi connectivity index (χ0) is 14.1. The van der Waals surface area contributed by atoms with Crippen molar-refractivity contribution in [2.24, 2.45) is 0 Å². The van der Waals surface area contributed by atoms with E-state index in [2.05, 4.69) is 55.6 Å². The maximum Gasteiger partial charge on any atom is 0.0408 e. The third-order valence-electron chi connectivity index (χ3n) is 4.18. The second kappa shape index (κ2) is 5.59. The Morgan fingerprint density at radius 1 is 1.20 bits per heavy atom. The number of rotatable bonds is 3. The Hall–Kier alpha value is -1.31. The van der Waals surface area contributed by atoms with Gasteiger partial charge in [-0.2, -0.15) is 0 Å². The van der Waals surface area contributed by atoms with Crippen LogP contribution in [0.15, 0.2) is 42.5 Å². The predicted octanol–water partition coefficient (Wildman–Crippen LogP) is 4.99. The summed E-state index contributed by atoms with van der Waals surface area (Å²) in [7, 11) is 0. The first-order valence-electron chi connectivity index (χ1n) is 7.24. The molecule has 2 heteroatoms. The highest BCUT2D eigenvalue weighted by molar-refractivity contribution is 6.30. The number of aryl methyl sites for hydroxylation is 2. The molecule has 0 spiro atoms. The summed E-state index contributed by atoms with van der Waals surface area (Å²) in [5, 5.41) is 4.60. The van der Waals surface area contributed by atoms with Crippen LogP contribution in [-0.2, 0) is 6.42 Å². The summed E-state index contributed by atoms with van der Waals surface area (Å²) in [6.07, 6.45) is 2.28. The standard InChI is InChI=1S/C18H20ClN/c1-12-4-3-5-14(10-12)13(2)20-18-9-6-15-11-16(19)7-8-17(15)18/h3-5,7-8,10-11,13,18,20H,6,9H2,1-2H3/t13-,18?/m0/s1. The zero-order valence-corrected chi connectivity index (χ0v) is 12.7. The first-order valence-corrected chi connectivity index (χ1v) is 7.62. The molecule has 0 radical (unpaired) electrons. The molecule has 0 aliphatic heterocycles. The van der Waals surface area contributed by atoms with Crippen LogP contribution in [0.2, 0.25) is 5.02 Å². The van der Waals surface area contributed by atoms with Crippen LogP contribution in [0.3, 0.4) is 0 Å². The van der Waals surface area contributed by atoms with E-state index >= 15 is 0 Å². The fourth-order valence-electron chi connectivity index (χ4n) is 3.10. The molecule has 0 bridgehead atoms. The third kappa shape index (κ3) is 2.74. The Morgan fingerprint density at radius 2 is 2.05 bits per heavy atom. The molecule has 0 saturated heterocycles. The van der Waals surface area contributed by atoms with Crippen molar-refractivity contribution in [1.29, 1.82) is 0 Å². The van der Waals surface area contributed by atoms with Gasteiger partial charge >= 0.3 is 0 Å². The summed E-state index contributed by atoms with van der Waals surface area (Å²) in [5.41, 5.74) is 5.47. The SMILES string of the molecule is Cc1cccc([C@H](C)NC2CCc3cc(Cl)ccc32)c1. The van der Waals surface area contributed by atoms with Gasteiger partial charge in [-0.05, 0) is 55.5 Å². The van der Waals surface area contributed by atoms with E-state index < -0.39 is 0 Å². The highest BCUT2D eigenvalue weighted by Crippen LogP contribution is 2.34. The topological polar surface area (TPSA) is 12.0 Å². The van der Waals surface area contributed by atoms with Crippen molar-refractivity contribution in [2.45, 2.75) is 38.8 Å². The van der Waals surface area contributed by atoms with Gasteiger partial charge in [0.05, 0.1) is 0 Å². The van der Waals surface area contributed by atoms with Crippen LogP contribution in [0.4, 0.5) is 0 Å². The van der Waals surface area contributed by atoms with Gasteiger partial charge < -0.3 is 5.32 Å². The lowest BCUT2D eigenvalue weighted by atomic mass is 10.0. The Bertz CT molecular complexity index is 621. The third-order valence-corrected chi connectivity index (χ3v) is 4.41. The van der Waals surface area contributed by atoms with Gasteiger partial charge in [-0.3, -0.25) is 0 Å². The molecular formula is C18H20ClN. The average Bonchev–Trinajstić information content (AvgIpc) is 2.81. The fourth-order valence-corrected chi connectivity index (χ4v) is 3.29. The highest BCUT2D eigenvalue weighted by Gasteiger charge is 2.23. The van der Waals surface area contributed by atoms with Crippen molar-refractivity contribution in [3.8, 4) is 0 Å². The molecule has 2 atom stereocenters. The molecule has 0 amide bonds. The lowest BCUT2D eigenvalue weighted by Crippen LogP contribution is -2.23. The lowest BCUT2D eigenvalue weighted by Gasteiger charge is -2.21. The van der Waals surface area contributed by atoms with E-state index in [-0.39, 0.29) is 0 Å². The Kier molecular flexibility index (Phi) is 3.82. The fraction of sp³-hybridized carbons (Fsp3) is 0.333. The van der Waals surface area contributed by atoms with Crippen LogP contribution >= 0.6 is 11.6 Å². The largest absolute Gasteiger partial charge is 0.303 e. The summed E-state index contributed by atoms with van der Waals surface area (Å²) < 4.78 is 0. The molecule has 1 aliphatic rings. The summed E-state index contributed by atoms with van der Waals surface area (Å²) in [5.74, 6) is 0. The molecule has 20 heavy (non-hydrogen) atoms. The number of nitrogens with one attached hydrogen (secondary N) is 1. The quantitative estimate of drug-likeness (QED) is 0.838. The van der Waals surface area contributed by atoms with E-state index in [1.165, 1.54) is 22.3 Å². The second-order valence-corrected chi connectivity index (χ2v) is 6.17. The molecule has 3 rings (SSSR count). The molecular weight excluding hydrogens is 266 g/mol. The first kappa shape index (κ1) is 13.7. The van der Waals surface area contributed by atoms with E-state index in [9.17, 15) is 0 Å². The number of fused-ring (bicyclic) bond motifs is 1. The van der Waals surface area contributed by atoms with Crippen molar-refractivity contribution in [2.75, 3.05) is 0 Å². The van der Waals surface area contributed by atoms with Gasteiger partial charge in [-0.1, -0.05) is 47.5 Å². The Labute approximate surface area is 126 Å². The van der Waals surface area contributed by atoms with E-state index in [0.717, 1.165) is 17.9 Å². The molecule has 1 nitrogen and oxygen atoms in total. The maximum absolute atomic E-state index is 6.07. The Morgan fingerprint density at radius 3 is 2.85 bits per heavy atom. The smallest absolute Gasteiger partial charge is 0.0408 e. The summed E-state index contributed by atoms with van der Waals surface area (Å²) in [6.45, 7) is 4.38.